The van der Waals surface area contributed by atoms with Crippen molar-refractivity contribution in [3.8, 4) is 0 Å². The highest BCUT2D eigenvalue weighted by molar-refractivity contribution is 8.00. The maximum atomic E-state index is 13.1. The molecule has 2 aromatic rings. The van der Waals surface area contributed by atoms with Crippen molar-refractivity contribution in [2.24, 2.45) is 0 Å². The van der Waals surface area contributed by atoms with Gasteiger partial charge < -0.3 is 10.6 Å². The predicted octanol–water partition coefficient (Wildman–Crippen LogP) is 2.84. The lowest BCUT2D eigenvalue weighted by atomic mass is 10.1. The molecule has 0 saturated carbocycles. The molecule has 1 saturated heterocycles. The third kappa shape index (κ3) is 5.87. The summed E-state index contributed by atoms with van der Waals surface area (Å²) in [6.07, 6.45) is -4.62. The van der Waals surface area contributed by atoms with Crippen LogP contribution in [-0.2, 0) is 25.6 Å². The van der Waals surface area contributed by atoms with E-state index in [4.69, 9.17) is 0 Å². The van der Waals surface area contributed by atoms with Gasteiger partial charge in [-0.25, -0.2) is 8.42 Å². The molecule has 1 aliphatic heterocycles. The van der Waals surface area contributed by atoms with E-state index in [2.05, 4.69) is 16.0 Å². The standard InChI is InChI=1S/C21H22F3N3O4S2/c1-12-7-8-13(2)16(9-12)33(30,31)17-10-25-20(27-19(17)29)32-11-18(28)26-15-6-4-3-5-14(15)21(22,23)24/h3-9,17,20,25H,10-11H2,1-2H3,(H,26,28)(H,27,29). The number of alkyl halides is 3. The Balaban J connectivity index is 1.60. The average Bonchev–Trinajstić information content (AvgIpc) is 2.73. The first-order valence-electron chi connectivity index (χ1n) is 9.82. The summed E-state index contributed by atoms with van der Waals surface area (Å²) in [6.45, 7) is 3.23. The van der Waals surface area contributed by atoms with Gasteiger partial charge in [-0.05, 0) is 43.2 Å². The first-order chi connectivity index (χ1) is 15.4. The molecule has 12 heteroatoms. The van der Waals surface area contributed by atoms with Crippen LogP contribution in [0.15, 0.2) is 47.4 Å². The maximum Gasteiger partial charge on any atom is 0.418 e. The molecule has 1 heterocycles. The van der Waals surface area contributed by atoms with Crippen molar-refractivity contribution in [2.75, 3.05) is 17.6 Å². The number of aryl methyl sites for hydroxylation is 2. The zero-order chi connectivity index (χ0) is 24.4. The molecule has 3 rings (SSSR count). The Kier molecular flexibility index (Phi) is 7.39. The smallest absolute Gasteiger partial charge is 0.331 e. The van der Waals surface area contributed by atoms with Crippen LogP contribution in [0, 0.1) is 13.8 Å². The highest BCUT2D eigenvalue weighted by Crippen LogP contribution is 2.34. The quantitative estimate of drug-likeness (QED) is 0.563. The summed E-state index contributed by atoms with van der Waals surface area (Å²) >= 11 is 0.925. The number of hydrogen-bond acceptors (Lipinski definition) is 6. The lowest BCUT2D eigenvalue weighted by molar-refractivity contribution is -0.137. The second-order valence-electron chi connectivity index (χ2n) is 7.50. The number of nitrogens with one attached hydrogen (secondary N) is 3. The number of thioether (sulfide) groups is 1. The van der Waals surface area contributed by atoms with Gasteiger partial charge in [-0.15, -0.1) is 11.8 Å². The van der Waals surface area contributed by atoms with Crippen molar-refractivity contribution in [3.63, 3.8) is 0 Å². The van der Waals surface area contributed by atoms with Crippen molar-refractivity contribution in [2.45, 2.75) is 35.7 Å². The first kappa shape index (κ1) is 25.1. The van der Waals surface area contributed by atoms with E-state index in [1.165, 1.54) is 18.2 Å². The molecule has 1 fully saturated rings. The molecule has 0 radical (unpaired) electrons. The van der Waals surface area contributed by atoms with Crippen molar-refractivity contribution in [1.29, 1.82) is 0 Å². The molecule has 178 valence electrons. The minimum Gasteiger partial charge on any atom is -0.331 e. The van der Waals surface area contributed by atoms with E-state index in [9.17, 15) is 31.2 Å². The molecule has 0 aliphatic carbocycles. The van der Waals surface area contributed by atoms with E-state index in [1.807, 2.05) is 0 Å². The average molecular weight is 502 g/mol. The number of benzene rings is 2. The number of carbonyl (C=O) groups is 2. The summed E-state index contributed by atoms with van der Waals surface area (Å²) < 4.78 is 65.2. The van der Waals surface area contributed by atoms with Gasteiger partial charge in [0.1, 0.15) is 5.50 Å². The fourth-order valence-electron chi connectivity index (χ4n) is 3.28. The Bertz CT molecular complexity index is 1170. The van der Waals surface area contributed by atoms with Crippen molar-refractivity contribution in [3.05, 3.63) is 59.2 Å². The van der Waals surface area contributed by atoms with E-state index in [0.717, 1.165) is 29.5 Å². The van der Waals surface area contributed by atoms with Crippen LogP contribution in [0.3, 0.4) is 0 Å². The lowest BCUT2D eigenvalue weighted by Gasteiger charge is -2.30. The van der Waals surface area contributed by atoms with Crippen molar-refractivity contribution in [1.82, 2.24) is 10.6 Å². The van der Waals surface area contributed by atoms with Crippen LogP contribution in [0.5, 0.6) is 0 Å². The fraction of sp³-hybridized carbons (Fsp3) is 0.333. The normalized spacial score (nSPS) is 19.1. The minimum atomic E-state index is -4.62. The number of amides is 2. The van der Waals surface area contributed by atoms with E-state index in [0.29, 0.717) is 5.56 Å². The number of rotatable bonds is 6. The zero-order valence-electron chi connectivity index (χ0n) is 17.7. The van der Waals surface area contributed by atoms with E-state index >= 15 is 0 Å². The molecule has 2 unspecified atom stereocenters. The van der Waals surface area contributed by atoms with Crippen LogP contribution < -0.4 is 16.0 Å². The SMILES string of the molecule is Cc1ccc(C)c(S(=O)(=O)C2CNC(SCC(=O)Nc3ccccc3C(F)(F)F)NC2=O)c1. The second-order valence-corrected chi connectivity index (χ2v) is 10.7. The lowest BCUT2D eigenvalue weighted by Crippen LogP contribution is -2.59. The molecule has 33 heavy (non-hydrogen) atoms. The van der Waals surface area contributed by atoms with Crippen LogP contribution in [0.25, 0.3) is 0 Å². The van der Waals surface area contributed by atoms with Gasteiger partial charge in [0.25, 0.3) is 0 Å². The fourth-order valence-corrected chi connectivity index (χ4v) is 5.93. The summed E-state index contributed by atoms with van der Waals surface area (Å²) in [4.78, 5) is 24.8. The summed E-state index contributed by atoms with van der Waals surface area (Å²) in [7, 11) is -3.95. The number of sulfone groups is 1. The van der Waals surface area contributed by atoms with Crippen LogP contribution in [0.1, 0.15) is 16.7 Å². The van der Waals surface area contributed by atoms with Crippen LogP contribution >= 0.6 is 11.8 Å². The van der Waals surface area contributed by atoms with Gasteiger partial charge in [0.05, 0.1) is 21.9 Å². The Morgan fingerprint density at radius 1 is 1.18 bits per heavy atom. The van der Waals surface area contributed by atoms with Gasteiger partial charge in [0.2, 0.25) is 11.8 Å². The number of hydrogen-bond donors (Lipinski definition) is 3. The topological polar surface area (TPSA) is 104 Å². The largest absolute Gasteiger partial charge is 0.418 e. The van der Waals surface area contributed by atoms with Crippen molar-refractivity contribution >= 4 is 39.1 Å². The monoisotopic (exact) mass is 501 g/mol. The van der Waals surface area contributed by atoms with E-state index < -0.39 is 44.1 Å². The molecule has 1 aliphatic rings. The summed E-state index contributed by atoms with van der Waals surface area (Å²) in [5, 5.41) is 6.23. The summed E-state index contributed by atoms with van der Waals surface area (Å²) in [6, 6.07) is 9.57. The molecular weight excluding hydrogens is 479 g/mol. The Labute approximate surface area is 193 Å². The van der Waals surface area contributed by atoms with E-state index in [-0.39, 0.29) is 22.9 Å². The van der Waals surface area contributed by atoms with Gasteiger partial charge in [-0.3, -0.25) is 14.9 Å². The second kappa shape index (κ2) is 9.74. The van der Waals surface area contributed by atoms with Gasteiger partial charge in [0.15, 0.2) is 15.1 Å². The molecule has 3 N–H and O–H groups in total. The molecule has 7 nitrogen and oxygen atoms in total. The third-order valence-electron chi connectivity index (χ3n) is 4.97. The molecular formula is C21H22F3N3O4S2. The number of anilines is 1. The molecule has 0 bridgehead atoms. The van der Waals surface area contributed by atoms with Gasteiger partial charge in [0, 0.05) is 6.54 Å². The molecule has 0 spiro atoms. The number of carbonyl (C=O) groups excluding carboxylic acids is 2. The third-order valence-corrected chi connectivity index (χ3v) is 8.20. The highest BCUT2D eigenvalue weighted by Gasteiger charge is 2.39. The number of halogens is 3. The maximum absolute atomic E-state index is 13.1. The van der Waals surface area contributed by atoms with Gasteiger partial charge in [-0.2, -0.15) is 13.2 Å². The number of para-hydroxylation sites is 1. The molecule has 2 aromatic carbocycles. The Hall–Kier alpha value is -2.57. The zero-order valence-corrected chi connectivity index (χ0v) is 19.3. The predicted molar refractivity (Wildman–Crippen MR) is 119 cm³/mol. The van der Waals surface area contributed by atoms with Gasteiger partial charge in [-0.1, -0.05) is 24.3 Å². The van der Waals surface area contributed by atoms with Gasteiger partial charge >= 0.3 is 6.18 Å². The van der Waals surface area contributed by atoms with Crippen LogP contribution in [-0.4, -0.2) is 43.3 Å². The van der Waals surface area contributed by atoms with Crippen LogP contribution in [0.4, 0.5) is 18.9 Å². The van der Waals surface area contributed by atoms with Crippen molar-refractivity contribution < 1.29 is 31.2 Å². The Morgan fingerprint density at radius 3 is 2.55 bits per heavy atom. The molecule has 0 aromatic heterocycles. The Morgan fingerprint density at radius 2 is 1.88 bits per heavy atom. The summed E-state index contributed by atoms with van der Waals surface area (Å²) in [5.41, 5.74) is -0.829. The molecule has 2 atom stereocenters. The van der Waals surface area contributed by atoms with Crippen LogP contribution in [0.2, 0.25) is 0 Å². The minimum absolute atomic E-state index is 0.0817. The first-order valence-corrected chi connectivity index (χ1v) is 12.4. The highest BCUT2D eigenvalue weighted by atomic mass is 32.2. The van der Waals surface area contributed by atoms with E-state index in [1.54, 1.807) is 26.0 Å². The molecule has 2 amide bonds. The summed E-state index contributed by atoms with van der Waals surface area (Å²) in [5.74, 6) is -1.67.